The van der Waals surface area contributed by atoms with E-state index in [1.54, 1.807) is 18.4 Å². The molecule has 26 heavy (non-hydrogen) atoms. The minimum absolute atomic E-state index is 0. The highest BCUT2D eigenvalue weighted by Gasteiger charge is 2.32. The zero-order valence-corrected chi connectivity index (χ0v) is 20.2. The summed E-state index contributed by atoms with van der Waals surface area (Å²) in [6.45, 7) is 5.33. The van der Waals surface area contributed by atoms with Gasteiger partial charge in [-0.25, -0.2) is 4.98 Å². The van der Waals surface area contributed by atoms with E-state index in [0.717, 1.165) is 55.8 Å². The number of hydrogen-bond donors (Lipinski definition) is 1. The molecule has 1 saturated heterocycles. The zero-order chi connectivity index (χ0) is 18.3. The largest absolute Gasteiger partial charge is 0.381 e. The number of hydrogen-bond acceptors (Lipinski definition) is 6. The number of guanidine groups is 1. The van der Waals surface area contributed by atoms with Crippen molar-refractivity contribution in [3.63, 3.8) is 0 Å². The molecule has 0 aliphatic carbocycles. The SMILES string of the molecule is CN=C(NCC1(SC)CCOCC1)N(C)Cc1csc(C(C)OC)n1.I. The van der Waals surface area contributed by atoms with Gasteiger partial charge in [-0.3, -0.25) is 4.99 Å². The van der Waals surface area contributed by atoms with Crippen LogP contribution in [0.15, 0.2) is 10.4 Å². The fraction of sp³-hybridized carbons (Fsp3) is 0.765. The van der Waals surface area contributed by atoms with Gasteiger partial charge in [-0.05, 0) is 26.0 Å². The van der Waals surface area contributed by atoms with E-state index in [4.69, 9.17) is 9.47 Å². The van der Waals surface area contributed by atoms with Gasteiger partial charge in [0.25, 0.3) is 0 Å². The number of nitrogens with one attached hydrogen (secondary N) is 1. The molecular formula is C17H31IN4O2S2. The first-order chi connectivity index (χ1) is 12.0. The van der Waals surface area contributed by atoms with Crippen LogP contribution in [0.25, 0.3) is 0 Å². The van der Waals surface area contributed by atoms with Crippen LogP contribution in [0.1, 0.15) is 36.6 Å². The number of methoxy groups -OCH3 is 1. The zero-order valence-electron chi connectivity index (χ0n) is 16.3. The first-order valence-electron chi connectivity index (χ1n) is 8.55. The molecule has 1 N–H and O–H groups in total. The lowest BCUT2D eigenvalue weighted by molar-refractivity contribution is 0.0781. The summed E-state index contributed by atoms with van der Waals surface area (Å²) >= 11 is 3.57. The lowest BCUT2D eigenvalue weighted by Gasteiger charge is -2.36. The first-order valence-corrected chi connectivity index (χ1v) is 10.7. The van der Waals surface area contributed by atoms with E-state index >= 15 is 0 Å². The smallest absolute Gasteiger partial charge is 0.193 e. The average Bonchev–Trinajstić information content (AvgIpc) is 3.10. The number of aliphatic imine (C=N–C) groups is 1. The monoisotopic (exact) mass is 514 g/mol. The van der Waals surface area contributed by atoms with Gasteiger partial charge in [0.05, 0.1) is 12.2 Å². The third kappa shape index (κ3) is 6.50. The molecule has 0 bridgehead atoms. The second-order valence-electron chi connectivity index (χ2n) is 6.31. The van der Waals surface area contributed by atoms with Crippen LogP contribution < -0.4 is 5.32 Å². The lowest BCUT2D eigenvalue weighted by Crippen LogP contribution is -2.48. The van der Waals surface area contributed by atoms with Crippen LogP contribution in [-0.4, -0.2) is 67.8 Å². The summed E-state index contributed by atoms with van der Waals surface area (Å²) in [6.07, 6.45) is 4.38. The van der Waals surface area contributed by atoms with Crippen molar-refractivity contribution < 1.29 is 9.47 Å². The summed E-state index contributed by atoms with van der Waals surface area (Å²) in [5.74, 6) is 0.897. The molecule has 1 aliphatic rings. The van der Waals surface area contributed by atoms with Crippen molar-refractivity contribution in [1.82, 2.24) is 15.2 Å². The van der Waals surface area contributed by atoms with Crippen molar-refractivity contribution in [3.05, 3.63) is 16.1 Å². The summed E-state index contributed by atoms with van der Waals surface area (Å²) in [7, 11) is 5.58. The van der Waals surface area contributed by atoms with Gasteiger partial charge in [-0.1, -0.05) is 0 Å². The minimum Gasteiger partial charge on any atom is -0.381 e. The van der Waals surface area contributed by atoms with E-state index in [1.807, 2.05) is 32.8 Å². The molecule has 1 atom stereocenters. The average molecular weight is 514 g/mol. The molecule has 0 saturated carbocycles. The summed E-state index contributed by atoms with van der Waals surface area (Å²) < 4.78 is 11.1. The number of aromatic nitrogens is 1. The number of rotatable bonds is 7. The Morgan fingerprint density at radius 3 is 2.81 bits per heavy atom. The van der Waals surface area contributed by atoms with Crippen LogP contribution in [0.4, 0.5) is 0 Å². The Balaban J connectivity index is 0.00000338. The van der Waals surface area contributed by atoms with Gasteiger partial charge in [-0.2, -0.15) is 11.8 Å². The molecule has 0 aromatic carbocycles. The van der Waals surface area contributed by atoms with Gasteiger partial charge in [0.1, 0.15) is 11.1 Å². The number of halogens is 1. The Kier molecular flexibility index (Phi) is 10.8. The normalized spacial score (nSPS) is 18.1. The molecule has 150 valence electrons. The molecule has 1 unspecified atom stereocenters. The molecule has 1 aromatic rings. The summed E-state index contributed by atoms with van der Waals surface area (Å²) in [5.41, 5.74) is 1.04. The predicted octanol–water partition coefficient (Wildman–Crippen LogP) is 3.39. The van der Waals surface area contributed by atoms with Crippen LogP contribution in [0.2, 0.25) is 0 Å². The van der Waals surface area contributed by atoms with Gasteiger partial charge in [0.2, 0.25) is 0 Å². The highest BCUT2D eigenvalue weighted by molar-refractivity contribution is 14.0. The van der Waals surface area contributed by atoms with Crippen molar-refractivity contribution in [2.24, 2.45) is 4.99 Å². The number of thioether (sulfide) groups is 1. The summed E-state index contributed by atoms with van der Waals surface area (Å²) in [5, 5.41) is 6.65. The van der Waals surface area contributed by atoms with Crippen LogP contribution in [-0.2, 0) is 16.0 Å². The highest BCUT2D eigenvalue weighted by Crippen LogP contribution is 2.33. The fourth-order valence-electron chi connectivity index (χ4n) is 2.82. The second kappa shape index (κ2) is 11.7. The number of nitrogens with zero attached hydrogens (tertiary/aromatic N) is 3. The van der Waals surface area contributed by atoms with E-state index in [0.29, 0.717) is 0 Å². The summed E-state index contributed by atoms with van der Waals surface area (Å²) in [4.78, 5) is 11.2. The predicted molar refractivity (Wildman–Crippen MR) is 122 cm³/mol. The van der Waals surface area contributed by atoms with Crippen LogP contribution in [0, 0.1) is 0 Å². The number of thiazole rings is 1. The molecule has 1 aliphatic heterocycles. The standard InChI is InChI=1S/C17H30N4O2S2.HI/c1-13(22-4)15-20-14(11-25-15)10-21(3)16(18-2)19-12-17(24-5)6-8-23-9-7-17;/h11,13H,6-10,12H2,1-5H3,(H,18,19);1H. The molecule has 0 radical (unpaired) electrons. The molecule has 0 spiro atoms. The van der Waals surface area contributed by atoms with Crippen LogP contribution in [0.5, 0.6) is 0 Å². The van der Waals surface area contributed by atoms with Gasteiger partial charge in [0.15, 0.2) is 5.96 Å². The Morgan fingerprint density at radius 2 is 2.23 bits per heavy atom. The maximum Gasteiger partial charge on any atom is 0.193 e. The molecule has 1 fully saturated rings. The van der Waals surface area contributed by atoms with Gasteiger partial charge in [-0.15, -0.1) is 35.3 Å². The molecule has 2 rings (SSSR count). The van der Waals surface area contributed by atoms with E-state index in [9.17, 15) is 0 Å². The first kappa shape index (κ1) is 23.9. The molecular weight excluding hydrogens is 483 g/mol. The maximum absolute atomic E-state index is 5.52. The van der Waals surface area contributed by atoms with Crippen molar-refractivity contribution in [1.29, 1.82) is 0 Å². The third-order valence-electron chi connectivity index (χ3n) is 4.65. The quantitative estimate of drug-likeness (QED) is 0.342. The van der Waals surface area contributed by atoms with E-state index in [1.165, 1.54) is 0 Å². The summed E-state index contributed by atoms with van der Waals surface area (Å²) in [6, 6.07) is 0. The van der Waals surface area contributed by atoms with E-state index < -0.39 is 0 Å². The van der Waals surface area contributed by atoms with E-state index in [-0.39, 0.29) is 34.8 Å². The number of ether oxygens (including phenoxy) is 2. The van der Waals surface area contributed by atoms with Crippen molar-refractivity contribution in [2.45, 2.75) is 37.2 Å². The highest BCUT2D eigenvalue weighted by atomic mass is 127. The minimum atomic E-state index is 0. The molecule has 6 nitrogen and oxygen atoms in total. The molecule has 1 aromatic heterocycles. The Bertz CT molecular complexity index is 565. The fourth-order valence-corrected chi connectivity index (χ4v) is 4.46. The lowest BCUT2D eigenvalue weighted by atomic mass is 9.99. The van der Waals surface area contributed by atoms with Crippen LogP contribution >= 0.6 is 47.1 Å². The Morgan fingerprint density at radius 1 is 1.54 bits per heavy atom. The van der Waals surface area contributed by atoms with Gasteiger partial charge < -0.3 is 19.7 Å². The van der Waals surface area contributed by atoms with E-state index in [2.05, 4.69) is 31.8 Å². The van der Waals surface area contributed by atoms with Gasteiger partial charge >= 0.3 is 0 Å². The van der Waals surface area contributed by atoms with Crippen molar-refractivity contribution in [2.75, 3.05) is 47.2 Å². The molecule has 0 amide bonds. The van der Waals surface area contributed by atoms with Gasteiger partial charge in [0, 0.05) is 51.1 Å². The van der Waals surface area contributed by atoms with Crippen molar-refractivity contribution >= 4 is 53.0 Å². The maximum atomic E-state index is 5.52. The topological polar surface area (TPSA) is 59.0 Å². The third-order valence-corrected chi connectivity index (χ3v) is 7.12. The van der Waals surface area contributed by atoms with Crippen molar-refractivity contribution in [3.8, 4) is 0 Å². The second-order valence-corrected chi connectivity index (χ2v) is 8.48. The van der Waals surface area contributed by atoms with Crippen LogP contribution in [0.3, 0.4) is 0 Å². The Labute approximate surface area is 182 Å². The molecule has 2 heterocycles. The molecule has 9 heteroatoms. The Hall–Kier alpha value is -0.100.